The van der Waals surface area contributed by atoms with Crippen molar-refractivity contribution >= 4 is 35.3 Å². The number of nitrogens with one attached hydrogen (secondary N) is 3. The Kier molecular flexibility index (Phi) is 8.00. The molecule has 2 aromatic heterocycles. The second-order valence-corrected chi connectivity index (χ2v) is 13.4. The van der Waals surface area contributed by atoms with E-state index >= 15 is 0 Å². The maximum Gasteiger partial charge on any atom is 0.410 e. The van der Waals surface area contributed by atoms with Gasteiger partial charge in [-0.25, -0.2) is 19.2 Å². The van der Waals surface area contributed by atoms with E-state index in [-0.39, 0.29) is 46.4 Å². The van der Waals surface area contributed by atoms with Gasteiger partial charge >= 0.3 is 6.09 Å². The van der Waals surface area contributed by atoms with E-state index in [1.807, 2.05) is 46.8 Å². The molecule has 1 spiro atoms. The molecule has 1 aliphatic heterocycles. The molecule has 0 radical (unpaired) electrons. The zero-order valence-electron chi connectivity index (χ0n) is 26.2. The number of nitrogens with zero attached hydrogens (tertiary/aromatic N) is 4. The highest BCUT2D eigenvalue weighted by molar-refractivity contribution is 5.99. The number of ether oxygens (including phenoxy) is 1. The first-order valence-electron chi connectivity index (χ1n) is 14.8. The number of aromatic nitrogens is 3. The first-order valence-corrected chi connectivity index (χ1v) is 14.8. The Bertz CT molecular complexity index is 1590. The largest absolute Gasteiger partial charge is 0.444 e. The Morgan fingerprint density at radius 2 is 1.80 bits per heavy atom. The van der Waals surface area contributed by atoms with E-state index in [0.29, 0.717) is 18.8 Å². The summed E-state index contributed by atoms with van der Waals surface area (Å²) in [7, 11) is 0. The van der Waals surface area contributed by atoms with Gasteiger partial charge in [-0.15, -0.1) is 0 Å². The number of carbonyl (C=O) groups is 2. The highest BCUT2D eigenvalue weighted by atomic mass is 19.1. The highest BCUT2D eigenvalue weighted by Gasteiger charge is 2.50. The molecular weight excluding hydrogens is 565 g/mol. The topological polar surface area (TPSA) is 142 Å². The van der Waals surface area contributed by atoms with Crippen LogP contribution in [0.15, 0.2) is 36.5 Å². The van der Waals surface area contributed by atoms with Crippen molar-refractivity contribution in [2.75, 3.05) is 17.2 Å². The average molecular weight is 606 g/mol. The fourth-order valence-electron chi connectivity index (χ4n) is 5.30. The lowest BCUT2D eigenvalue weighted by atomic mass is 9.87. The van der Waals surface area contributed by atoms with Crippen LogP contribution in [-0.2, 0) is 22.3 Å². The van der Waals surface area contributed by atoms with Crippen LogP contribution < -0.4 is 16.0 Å². The summed E-state index contributed by atoms with van der Waals surface area (Å²) in [6.45, 7) is 13.2. The summed E-state index contributed by atoms with van der Waals surface area (Å²) in [6, 6.07) is 8.48. The van der Waals surface area contributed by atoms with Gasteiger partial charge in [0.15, 0.2) is 0 Å². The molecule has 4 N–H and O–H groups in total. The molecule has 0 saturated heterocycles. The molecule has 12 heteroatoms. The molecule has 11 nitrogen and oxygen atoms in total. The lowest BCUT2D eigenvalue weighted by molar-refractivity contribution is 0.0196. The van der Waals surface area contributed by atoms with Crippen molar-refractivity contribution in [1.29, 1.82) is 0 Å². The Morgan fingerprint density at radius 1 is 1.07 bits per heavy atom. The zero-order chi connectivity index (χ0) is 32.0. The molecule has 1 aliphatic carbocycles. The van der Waals surface area contributed by atoms with E-state index in [1.165, 1.54) is 37.7 Å². The minimum atomic E-state index is -1.53. The van der Waals surface area contributed by atoms with Gasteiger partial charge < -0.3 is 30.7 Å². The number of carbonyl (C=O) groups excluding carboxylic acids is 2. The fraction of sp³-hybridized carbons (Fsp3) is 0.469. The lowest BCUT2D eigenvalue weighted by Gasteiger charge is -2.36. The predicted octanol–water partition coefficient (Wildman–Crippen LogP) is 5.65. The Morgan fingerprint density at radius 3 is 2.43 bits per heavy atom. The monoisotopic (exact) mass is 605 g/mol. The first-order chi connectivity index (χ1) is 20.5. The van der Waals surface area contributed by atoms with E-state index in [0.717, 1.165) is 18.4 Å². The van der Waals surface area contributed by atoms with Gasteiger partial charge in [-0.2, -0.15) is 4.98 Å². The number of anilines is 4. The van der Waals surface area contributed by atoms with Crippen LogP contribution in [0.2, 0.25) is 0 Å². The number of pyridine rings is 1. The van der Waals surface area contributed by atoms with Crippen LogP contribution in [0.4, 0.5) is 32.5 Å². The van der Waals surface area contributed by atoms with E-state index < -0.39 is 22.9 Å². The second kappa shape index (κ2) is 11.3. The van der Waals surface area contributed by atoms with Gasteiger partial charge in [0.25, 0.3) is 5.91 Å². The molecule has 3 aromatic rings. The summed E-state index contributed by atoms with van der Waals surface area (Å²) in [5, 5.41) is 19.4. The van der Waals surface area contributed by atoms with Gasteiger partial charge in [-0.05, 0) is 96.7 Å². The second-order valence-electron chi connectivity index (χ2n) is 13.4. The molecule has 234 valence electrons. The van der Waals surface area contributed by atoms with Crippen molar-refractivity contribution in [1.82, 2.24) is 25.2 Å². The first kappa shape index (κ1) is 31.1. The van der Waals surface area contributed by atoms with Gasteiger partial charge in [-0.1, -0.05) is 6.07 Å². The van der Waals surface area contributed by atoms with E-state index in [1.54, 1.807) is 4.90 Å². The molecule has 3 heterocycles. The molecule has 2 amide bonds. The van der Waals surface area contributed by atoms with Crippen LogP contribution in [0.5, 0.6) is 0 Å². The summed E-state index contributed by atoms with van der Waals surface area (Å²) in [5.41, 5.74) is 0.815. The van der Waals surface area contributed by atoms with Gasteiger partial charge in [0.1, 0.15) is 39.9 Å². The summed E-state index contributed by atoms with van der Waals surface area (Å²) in [4.78, 5) is 40.9. The van der Waals surface area contributed by atoms with Crippen molar-refractivity contribution in [2.45, 2.75) is 90.5 Å². The molecule has 1 fully saturated rings. The van der Waals surface area contributed by atoms with Crippen molar-refractivity contribution in [3.8, 4) is 0 Å². The van der Waals surface area contributed by atoms with Crippen molar-refractivity contribution in [2.24, 2.45) is 0 Å². The normalized spacial score (nSPS) is 15.5. The van der Waals surface area contributed by atoms with Crippen LogP contribution in [0.1, 0.15) is 88.5 Å². The standard InChI is InChI=1S/C32H40FN7O4/c1-18(2)35-27(41)21-15-34-28(39-26(21)38-24-11-10-23(33)25(37-24)31(6,7)43)36-20-8-9-22-19(14-20)16-40(17-32(22)12-13-32)29(42)44-30(3,4)5/h8-11,14-15,18,43H,12-13,16-17H2,1-7H3,(H,35,41)(H2,34,36,37,38,39). The van der Waals surface area contributed by atoms with E-state index in [4.69, 9.17) is 4.74 Å². The SMILES string of the molecule is CC(C)NC(=O)c1cnc(Nc2ccc3c(c2)CN(C(=O)OC(C)(C)C)CC32CC2)nc1Nc1ccc(F)c(C(C)(C)O)n1. The number of aliphatic hydroxyl groups is 1. The summed E-state index contributed by atoms with van der Waals surface area (Å²) in [6.07, 6.45) is 3.09. The Hall–Kier alpha value is -4.32. The molecular formula is C32H40FN7O4. The maximum absolute atomic E-state index is 14.4. The van der Waals surface area contributed by atoms with Crippen molar-refractivity contribution < 1.29 is 23.8 Å². The molecule has 5 rings (SSSR count). The van der Waals surface area contributed by atoms with Gasteiger partial charge in [0, 0.05) is 36.4 Å². The fourth-order valence-corrected chi connectivity index (χ4v) is 5.30. The smallest absolute Gasteiger partial charge is 0.410 e. The van der Waals surface area contributed by atoms with Gasteiger partial charge in [0.05, 0.1) is 0 Å². The van der Waals surface area contributed by atoms with Crippen LogP contribution in [0.3, 0.4) is 0 Å². The van der Waals surface area contributed by atoms with E-state index in [2.05, 4.69) is 37.0 Å². The molecule has 0 atom stereocenters. The van der Waals surface area contributed by atoms with Crippen LogP contribution in [-0.4, -0.2) is 55.1 Å². The van der Waals surface area contributed by atoms with Crippen LogP contribution in [0, 0.1) is 5.82 Å². The molecule has 1 aromatic carbocycles. The number of halogens is 1. The van der Waals surface area contributed by atoms with Crippen molar-refractivity contribution in [3.63, 3.8) is 0 Å². The van der Waals surface area contributed by atoms with Crippen molar-refractivity contribution in [3.05, 3.63) is 64.7 Å². The highest BCUT2D eigenvalue weighted by Crippen LogP contribution is 2.53. The lowest BCUT2D eigenvalue weighted by Crippen LogP contribution is -2.44. The number of benzene rings is 1. The minimum Gasteiger partial charge on any atom is -0.444 e. The molecule has 2 aliphatic rings. The average Bonchev–Trinajstić information content (AvgIpc) is 3.67. The van der Waals surface area contributed by atoms with E-state index in [9.17, 15) is 19.1 Å². The number of rotatable bonds is 7. The quantitative estimate of drug-likeness (QED) is 0.269. The van der Waals surface area contributed by atoms with Crippen LogP contribution >= 0.6 is 0 Å². The molecule has 0 bridgehead atoms. The summed E-state index contributed by atoms with van der Waals surface area (Å²) >= 11 is 0. The minimum absolute atomic E-state index is 0.0494. The number of fused-ring (bicyclic) bond motifs is 2. The summed E-state index contributed by atoms with van der Waals surface area (Å²) < 4.78 is 20.1. The van der Waals surface area contributed by atoms with Crippen LogP contribution in [0.25, 0.3) is 0 Å². The Labute approximate surface area is 256 Å². The number of hydrogen-bond acceptors (Lipinski definition) is 9. The summed E-state index contributed by atoms with van der Waals surface area (Å²) in [5.74, 6) is -0.509. The van der Waals surface area contributed by atoms with Gasteiger partial charge in [-0.3, -0.25) is 4.79 Å². The number of amides is 2. The predicted molar refractivity (Wildman–Crippen MR) is 165 cm³/mol. The third kappa shape index (κ3) is 6.91. The molecule has 1 saturated carbocycles. The third-order valence-corrected chi connectivity index (χ3v) is 7.42. The number of hydrogen-bond donors (Lipinski definition) is 4. The zero-order valence-corrected chi connectivity index (χ0v) is 26.2. The van der Waals surface area contributed by atoms with Gasteiger partial charge in [0.2, 0.25) is 5.95 Å². The molecule has 44 heavy (non-hydrogen) atoms. The Balaban J connectivity index is 1.44. The molecule has 0 unspecified atom stereocenters. The maximum atomic E-state index is 14.4. The third-order valence-electron chi connectivity index (χ3n) is 7.42.